The smallest absolute Gasteiger partial charge is 0.277 e. The van der Waals surface area contributed by atoms with E-state index in [1.807, 2.05) is 23.6 Å². The van der Waals surface area contributed by atoms with Crippen LogP contribution < -0.4 is 0 Å². The molecule has 6 nitrogen and oxygen atoms in total. The summed E-state index contributed by atoms with van der Waals surface area (Å²) in [6.07, 6.45) is 0. The summed E-state index contributed by atoms with van der Waals surface area (Å²) in [6, 6.07) is 10.3. The molecule has 0 spiro atoms. The van der Waals surface area contributed by atoms with Crippen molar-refractivity contribution in [2.45, 2.75) is 11.0 Å². The van der Waals surface area contributed by atoms with Crippen LogP contribution in [-0.4, -0.2) is 15.1 Å². The van der Waals surface area contributed by atoms with Crippen molar-refractivity contribution in [1.82, 2.24) is 10.2 Å². The molecule has 8 heteroatoms. The first-order chi connectivity index (χ1) is 10.2. The molecule has 0 atom stereocenters. The third-order valence-corrected chi connectivity index (χ3v) is 4.37. The van der Waals surface area contributed by atoms with Crippen molar-refractivity contribution in [2.75, 3.05) is 0 Å². The molecule has 1 aromatic carbocycles. The molecule has 3 rings (SSSR count). The average Bonchev–Trinajstić information content (AvgIpc) is 3.16. The first kappa shape index (κ1) is 13.8. The summed E-state index contributed by atoms with van der Waals surface area (Å²) >= 11 is 2.88. The normalized spacial score (nSPS) is 10.7. The lowest BCUT2D eigenvalue weighted by molar-refractivity contribution is -0.384. The fourth-order valence-corrected chi connectivity index (χ4v) is 3.02. The van der Waals surface area contributed by atoms with E-state index < -0.39 is 4.92 Å². The highest BCUT2D eigenvalue weighted by Gasteiger charge is 2.11. The third-order valence-electron chi connectivity index (χ3n) is 2.62. The molecule has 2 heterocycles. The molecular weight excluding hydrogens is 310 g/mol. The number of thiophene rings is 1. The highest BCUT2D eigenvalue weighted by atomic mass is 32.2. The maximum Gasteiger partial charge on any atom is 0.277 e. The van der Waals surface area contributed by atoms with Crippen LogP contribution in [0.1, 0.15) is 5.56 Å². The van der Waals surface area contributed by atoms with E-state index in [9.17, 15) is 10.1 Å². The molecule has 0 fully saturated rings. The zero-order chi connectivity index (χ0) is 14.7. The number of rotatable bonds is 5. The second kappa shape index (κ2) is 6.06. The van der Waals surface area contributed by atoms with Gasteiger partial charge >= 0.3 is 0 Å². The average molecular weight is 319 g/mol. The minimum atomic E-state index is -0.407. The van der Waals surface area contributed by atoms with Gasteiger partial charge in [0.2, 0.25) is 0 Å². The predicted molar refractivity (Wildman–Crippen MR) is 80.3 cm³/mol. The van der Waals surface area contributed by atoms with E-state index >= 15 is 0 Å². The maximum absolute atomic E-state index is 10.7. The first-order valence-electron chi connectivity index (χ1n) is 5.96. The van der Waals surface area contributed by atoms with Crippen LogP contribution in [0.25, 0.3) is 10.8 Å². The zero-order valence-corrected chi connectivity index (χ0v) is 12.3. The quantitative estimate of drug-likeness (QED) is 0.401. The molecule has 3 aromatic rings. The summed E-state index contributed by atoms with van der Waals surface area (Å²) in [5.41, 5.74) is 0.919. The van der Waals surface area contributed by atoms with Gasteiger partial charge < -0.3 is 4.42 Å². The predicted octanol–water partition coefficient (Wildman–Crippen LogP) is 4.00. The molecule has 21 heavy (non-hydrogen) atoms. The highest BCUT2D eigenvalue weighted by molar-refractivity contribution is 7.98. The molecule has 0 N–H and O–H groups in total. The number of aromatic nitrogens is 2. The Balaban J connectivity index is 1.68. The fourth-order valence-electron chi connectivity index (χ4n) is 1.67. The first-order valence-corrected chi connectivity index (χ1v) is 7.82. The van der Waals surface area contributed by atoms with Gasteiger partial charge in [-0.15, -0.1) is 21.5 Å². The molecule has 0 aliphatic rings. The molecule has 0 aliphatic heterocycles. The van der Waals surface area contributed by atoms with Crippen LogP contribution in [0.15, 0.2) is 51.4 Å². The van der Waals surface area contributed by atoms with Crippen molar-refractivity contribution < 1.29 is 9.34 Å². The van der Waals surface area contributed by atoms with Crippen LogP contribution in [0.4, 0.5) is 5.69 Å². The fraction of sp³-hybridized carbons (Fsp3) is 0.0769. The van der Waals surface area contributed by atoms with E-state index in [2.05, 4.69) is 10.2 Å². The second-order valence-corrected chi connectivity index (χ2v) is 5.94. The number of hydrogen-bond acceptors (Lipinski definition) is 7. The Kier molecular flexibility index (Phi) is 3.98. The topological polar surface area (TPSA) is 82.1 Å². The molecular formula is C13H9N3O3S2. The van der Waals surface area contributed by atoms with Crippen LogP contribution in [-0.2, 0) is 5.75 Å². The van der Waals surface area contributed by atoms with E-state index in [-0.39, 0.29) is 5.69 Å². The number of thioether (sulfide) groups is 1. The third kappa shape index (κ3) is 3.29. The number of nitro groups is 1. The van der Waals surface area contributed by atoms with Gasteiger partial charge in [0.1, 0.15) is 0 Å². The minimum Gasteiger partial charge on any atom is -0.410 e. The summed E-state index contributed by atoms with van der Waals surface area (Å²) in [5.74, 6) is 1.03. The highest BCUT2D eigenvalue weighted by Crippen LogP contribution is 2.28. The Morgan fingerprint density at radius 1 is 1.29 bits per heavy atom. The molecule has 0 aliphatic carbocycles. The standard InChI is InChI=1S/C13H9N3O3S2/c17-16(18)10-4-1-3-9(7-10)8-21-13-15-14-12(19-13)11-5-2-6-20-11/h1-7H,8H2. The van der Waals surface area contributed by atoms with Crippen molar-refractivity contribution in [1.29, 1.82) is 0 Å². The molecule has 0 bridgehead atoms. The monoisotopic (exact) mass is 319 g/mol. The van der Waals surface area contributed by atoms with Crippen molar-refractivity contribution in [3.8, 4) is 10.8 Å². The van der Waals surface area contributed by atoms with E-state index in [0.29, 0.717) is 16.9 Å². The lowest BCUT2D eigenvalue weighted by Crippen LogP contribution is -1.89. The Hall–Kier alpha value is -2.19. The molecule has 0 saturated carbocycles. The summed E-state index contributed by atoms with van der Waals surface area (Å²) < 4.78 is 5.54. The summed E-state index contributed by atoms with van der Waals surface area (Å²) in [6.45, 7) is 0. The van der Waals surface area contributed by atoms with Gasteiger partial charge in [0.15, 0.2) is 0 Å². The Bertz CT molecular complexity index is 756. The van der Waals surface area contributed by atoms with Gasteiger partial charge in [-0.25, -0.2) is 0 Å². The van der Waals surface area contributed by atoms with E-state index in [0.717, 1.165) is 10.4 Å². The number of non-ortho nitro benzene ring substituents is 1. The largest absolute Gasteiger partial charge is 0.410 e. The maximum atomic E-state index is 10.7. The lowest BCUT2D eigenvalue weighted by Gasteiger charge is -1.98. The van der Waals surface area contributed by atoms with Gasteiger partial charge in [0.25, 0.3) is 16.8 Å². The number of benzene rings is 1. The van der Waals surface area contributed by atoms with Crippen LogP contribution in [0.5, 0.6) is 0 Å². The summed E-state index contributed by atoms with van der Waals surface area (Å²) in [4.78, 5) is 11.2. The lowest BCUT2D eigenvalue weighted by atomic mass is 10.2. The van der Waals surface area contributed by atoms with Crippen molar-refractivity contribution >= 4 is 28.8 Å². The molecule has 0 unspecified atom stereocenters. The van der Waals surface area contributed by atoms with Crippen molar-refractivity contribution in [3.63, 3.8) is 0 Å². The number of hydrogen-bond donors (Lipinski definition) is 0. The number of nitro benzene ring substituents is 1. The Labute approximate surface area is 128 Å². The van der Waals surface area contributed by atoms with Crippen molar-refractivity contribution in [2.24, 2.45) is 0 Å². The van der Waals surface area contributed by atoms with E-state index in [1.54, 1.807) is 12.1 Å². The van der Waals surface area contributed by atoms with E-state index in [4.69, 9.17) is 4.42 Å². The van der Waals surface area contributed by atoms with Gasteiger partial charge in [-0.1, -0.05) is 30.0 Å². The SMILES string of the molecule is O=[N+]([O-])c1cccc(CSc2nnc(-c3cccs3)o2)c1. The Morgan fingerprint density at radius 3 is 2.95 bits per heavy atom. The van der Waals surface area contributed by atoms with Crippen LogP contribution in [0, 0.1) is 10.1 Å². The van der Waals surface area contributed by atoms with Crippen LogP contribution in [0.2, 0.25) is 0 Å². The van der Waals surface area contributed by atoms with Gasteiger partial charge in [-0.2, -0.15) is 0 Å². The van der Waals surface area contributed by atoms with Gasteiger partial charge in [-0.3, -0.25) is 10.1 Å². The van der Waals surface area contributed by atoms with Gasteiger partial charge in [0, 0.05) is 17.9 Å². The van der Waals surface area contributed by atoms with Crippen molar-refractivity contribution in [3.05, 3.63) is 57.5 Å². The Morgan fingerprint density at radius 2 is 2.19 bits per heavy atom. The van der Waals surface area contributed by atoms with Gasteiger partial charge in [0.05, 0.1) is 9.80 Å². The molecule has 0 saturated heterocycles. The molecule has 0 amide bonds. The van der Waals surface area contributed by atoms with E-state index in [1.165, 1.54) is 29.2 Å². The van der Waals surface area contributed by atoms with Crippen LogP contribution in [0.3, 0.4) is 0 Å². The van der Waals surface area contributed by atoms with Crippen LogP contribution >= 0.6 is 23.1 Å². The van der Waals surface area contributed by atoms with Gasteiger partial charge in [-0.05, 0) is 17.0 Å². The molecule has 2 aromatic heterocycles. The summed E-state index contributed by atoms with van der Waals surface area (Å²) in [7, 11) is 0. The minimum absolute atomic E-state index is 0.0814. The number of nitrogens with zero attached hydrogens (tertiary/aromatic N) is 3. The molecule has 0 radical (unpaired) electrons. The summed E-state index contributed by atoms with van der Waals surface area (Å²) in [5, 5.41) is 21.1. The second-order valence-electron chi connectivity index (χ2n) is 4.07. The molecule has 106 valence electrons. The zero-order valence-electron chi connectivity index (χ0n) is 10.6.